The molecule has 3 aromatic carbocycles. The maximum atomic E-state index is 12.9. The molecule has 0 aliphatic rings. The van der Waals surface area contributed by atoms with Gasteiger partial charge in [-0.15, -0.1) is 0 Å². The van der Waals surface area contributed by atoms with Gasteiger partial charge in [0.2, 0.25) is 10.0 Å². The predicted molar refractivity (Wildman–Crippen MR) is 134 cm³/mol. The molecule has 0 fully saturated rings. The summed E-state index contributed by atoms with van der Waals surface area (Å²) in [5.41, 5.74) is 2.45. The summed E-state index contributed by atoms with van der Waals surface area (Å²) >= 11 is 0. The van der Waals surface area contributed by atoms with E-state index >= 15 is 0 Å². The number of hydrogen-bond donors (Lipinski definition) is 2. The molecule has 0 atom stereocenters. The van der Waals surface area contributed by atoms with Crippen molar-refractivity contribution in [2.45, 2.75) is 18.0 Å². The van der Waals surface area contributed by atoms with Crippen molar-refractivity contribution < 1.29 is 17.6 Å². The van der Waals surface area contributed by atoms with Crippen LogP contribution < -0.4 is 15.8 Å². The molecule has 9 nitrogen and oxygen atoms in total. The number of amides is 1. The van der Waals surface area contributed by atoms with Gasteiger partial charge in [0.25, 0.3) is 5.91 Å². The fourth-order valence-electron chi connectivity index (χ4n) is 3.52. The normalized spacial score (nSPS) is 11.7. The Kier molecular flexibility index (Phi) is 7.15. The summed E-state index contributed by atoms with van der Waals surface area (Å²) in [6, 6.07) is 19.9. The Morgan fingerprint density at radius 1 is 1.00 bits per heavy atom. The SMILES string of the molecule is CN(C)CCn1c(=O)oc2ccc(NC(=O)c3cccc(S(=O)(=O)NCc4ccccc4)c3)cc21. The maximum Gasteiger partial charge on any atom is 0.419 e. The third-order valence-electron chi connectivity index (χ3n) is 5.41. The molecule has 1 amide bonds. The van der Waals surface area contributed by atoms with E-state index in [0.717, 1.165) is 5.56 Å². The average Bonchev–Trinajstić information content (AvgIpc) is 3.16. The highest BCUT2D eigenvalue weighted by molar-refractivity contribution is 7.89. The molecule has 4 aromatic rings. The van der Waals surface area contributed by atoms with Crippen LogP contribution in [0.2, 0.25) is 0 Å². The lowest BCUT2D eigenvalue weighted by molar-refractivity contribution is 0.102. The van der Waals surface area contributed by atoms with Crippen molar-refractivity contribution in [1.82, 2.24) is 14.2 Å². The Bertz CT molecular complexity index is 1510. The highest BCUT2D eigenvalue weighted by Gasteiger charge is 2.17. The van der Waals surface area contributed by atoms with Crippen molar-refractivity contribution in [3.63, 3.8) is 0 Å². The third kappa shape index (κ3) is 5.86. The monoisotopic (exact) mass is 494 g/mol. The van der Waals surface area contributed by atoms with E-state index in [4.69, 9.17) is 4.42 Å². The first-order chi connectivity index (χ1) is 16.7. The molecule has 4 rings (SSSR count). The summed E-state index contributed by atoms with van der Waals surface area (Å²) in [7, 11) is -0.00243. The second-order valence-corrected chi connectivity index (χ2v) is 10.1. The van der Waals surface area contributed by atoms with Crippen LogP contribution in [0.4, 0.5) is 5.69 Å². The lowest BCUT2D eigenvalue weighted by Crippen LogP contribution is -2.24. The fourth-order valence-corrected chi connectivity index (χ4v) is 4.58. The quantitative estimate of drug-likeness (QED) is 0.370. The predicted octanol–water partition coefficient (Wildman–Crippen LogP) is 2.89. The maximum absolute atomic E-state index is 12.9. The number of benzene rings is 3. The van der Waals surface area contributed by atoms with Crippen LogP contribution in [0.15, 0.2) is 86.9 Å². The Balaban J connectivity index is 1.51. The standard InChI is InChI=1S/C25H26N4O5S/c1-28(2)13-14-29-22-16-20(11-12-23(22)34-25(29)31)27-24(30)19-9-6-10-21(15-19)35(32,33)26-17-18-7-4-3-5-8-18/h3-12,15-16,26H,13-14,17H2,1-2H3,(H,27,30). The van der Waals surface area contributed by atoms with Crippen LogP contribution in [0.25, 0.3) is 11.1 Å². The Morgan fingerprint density at radius 3 is 2.51 bits per heavy atom. The van der Waals surface area contributed by atoms with E-state index in [-0.39, 0.29) is 17.0 Å². The van der Waals surface area contributed by atoms with Gasteiger partial charge < -0.3 is 14.6 Å². The topological polar surface area (TPSA) is 114 Å². The van der Waals surface area contributed by atoms with E-state index in [2.05, 4.69) is 10.0 Å². The molecule has 0 spiro atoms. The van der Waals surface area contributed by atoms with Gasteiger partial charge in [-0.25, -0.2) is 17.9 Å². The number of oxazole rings is 1. The molecular formula is C25H26N4O5S. The fraction of sp³-hybridized carbons (Fsp3) is 0.200. The summed E-state index contributed by atoms with van der Waals surface area (Å²) in [6.07, 6.45) is 0. The molecule has 1 heterocycles. The number of sulfonamides is 1. The minimum atomic E-state index is -3.82. The minimum absolute atomic E-state index is 0.0103. The van der Waals surface area contributed by atoms with Crippen LogP contribution in [-0.4, -0.2) is 44.4 Å². The molecular weight excluding hydrogens is 468 g/mol. The number of carbonyl (C=O) groups excluding carboxylic acids is 1. The van der Waals surface area contributed by atoms with Crippen LogP contribution in [0.1, 0.15) is 15.9 Å². The van der Waals surface area contributed by atoms with Crippen molar-refractivity contribution in [3.05, 3.63) is 94.5 Å². The van der Waals surface area contributed by atoms with Gasteiger partial charge in [-0.2, -0.15) is 0 Å². The van der Waals surface area contributed by atoms with Gasteiger partial charge in [-0.3, -0.25) is 9.36 Å². The lowest BCUT2D eigenvalue weighted by Gasteiger charge is -2.10. The van der Waals surface area contributed by atoms with Crippen molar-refractivity contribution in [3.8, 4) is 0 Å². The van der Waals surface area contributed by atoms with Gasteiger partial charge in [0.1, 0.15) is 0 Å². The summed E-state index contributed by atoms with van der Waals surface area (Å²) < 4.78 is 34.8. The molecule has 10 heteroatoms. The van der Waals surface area contributed by atoms with Crippen molar-refractivity contribution >= 4 is 32.7 Å². The largest absolute Gasteiger partial charge is 0.419 e. The molecule has 0 bridgehead atoms. The van der Waals surface area contributed by atoms with Crippen LogP contribution in [0, 0.1) is 0 Å². The molecule has 2 N–H and O–H groups in total. The Labute approximate surface area is 203 Å². The molecule has 0 saturated carbocycles. The average molecular weight is 495 g/mol. The van der Waals surface area contributed by atoms with E-state index < -0.39 is 21.7 Å². The zero-order valence-corrected chi connectivity index (χ0v) is 20.2. The first-order valence-corrected chi connectivity index (χ1v) is 12.4. The van der Waals surface area contributed by atoms with Crippen molar-refractivity contribution in [1.29, 1.82) is 0 Å². The molecule has 0 aliphatic carbocycles. The van der Waals surface area contributed by atoms with Crippen LogP contribution >= 0.6 is 0 Å². The zero-order valence-electron chi connectivity index (χ0n) is 19.4. The number of fused-ring (bicyclic) bond motifs is 1. The van der Waals surface area contributed by atoms with E-state index in [1.807, 2.05) is 49.3 Å². The van der Waals surface area contributed by atoms with Crippen molar-refractivity contribution in [2.24, 2.45) is 0 Å². The lowest BCUT2D eigenvalue weighted by atomic mass is 10.2. The Hall–Kier alpha value is -3.73. The summed E-state index contributed by atoms with van der Waals surface area (Å²) in [4.78, 5) is 27.0. The first kappa shape index (κ1) is 24.4. The number of nitrogens with one attached hydrogen (secondary N) is 2. The van der Waals surface area contributed by atoms with Crippen LogP contribution in [0.5, 0.6) is 0 Å². The van der Waals surface area contributed by atoms with E-state index in [0.29, 0.717) is 29.9 Å². The minimum Gasteiger partial charge on any atom is -0.408 e. The van der Waals surface area contributed by atoms with E-state index in [1.165, 1.54) is 28.8 Å². The number of nitrogens with zero attached hydrogens (tertiary/aromatic N) is 2. The summed E-state index contributed by atoms with van der Waals surface area (Å²) in [6.45, 7) is 1.22. The van der Waals surface area contributed by atoms with Gasteiger partial charge in [-0.05, 0) is 56.1 Å². The highest BCUT2D eigenvalue weighted by Crippen LogP contribution is 2.20. The number of likely N-dealkylation sites (N-methyl/N-ethyl adjacent to an activating group) is 1. The van der Waals surface area contributed by atoms with Gasteiger partial charge in [0.05, 0.1) is 10.4 Å². The number of anilines is 1. The third-order valence-corrected chi connectivity index (χ3v) is 6.81. The molecule has 0 saturated heterocycles. The summed E-state index contributed by atoms with van der Waals surface area (Å²) in [5, 5.41) is 2.77. The van der Waals surface area contributed by atoms with Gasteiger partial charge in [0.15, 0.2) is 5.58 Å². The molecule has 0 radical (unpaired) electrons. The second kappa shape index (κ2) is 10.3. The molecule has 35 heavy (non-hydrogen) atoms. The summed E-state index contributed by atoms with van der Waals surface area (Å²) in [5.74, 6) is -0.943. The van der Waals surface area contributed by atoms with Crippen LogP contribution in [0.3, 0.4) is 0 Å². The number of hydrogen-bond acceptors (Lipinski definition) is 6. The molecule has 182 valence electrons. The number of aromatic nitrogens is 1. The highest BCUT2D eigenvalue weighted by atomic mass is 32.2. The van der Waals surface area contributed by atoms with Crippen LogP contribution in [-0.2, 0) is 23.1 Å². The second-order valence-electron chi connectivity index (χ2n) is 8.30. The Morgan fingerprint density at radius 2 is 1.77 bits per heavy atom. The molecule has 0 unspecified atom stereocenters. The number of rotatable bonds is 9. The van der Waals surface area contributed by atoms with Crippen molar-refractivity contribution in [2.75, 3.05) is 26.0 Å². The van der Waals surface area contributed by atoms with Gasteiger partial charge in [0, 0.05) is 30.9 Å². The molecule has 0 aliphatic heterocycles. The van der Waals surface area contributed by atoms with Gasteiger partial charge >= 0.3 is 5.76 Å². The molecule has 1 aromatic heterocycles. The van der Waals surface area contributed by atoms with Gasteiger partial charge in [-0.1, -0.05) is 36.4 Å². The number of carbonyl (C=O) groups is 1. The first-order valence-electron chi connectivity index (χ1n) is 11.0. The zero-order chi connectivity index (χ0) is 25.0. The smallest absolute Gasteiger partial charge is 0.408 e. The van der Waals surface area contributed by atoms with E-state index in [9.17, 15) is 18.0 Å². The van der Waals surface area contributed by atoms with E-state index in [1.54, 1.807) is 18.2 Å².